The second kappa shape index (κ2) is 3.47. The molecule has 0 aliphatic rings. The zero-order chi connectivity index (χ0) is 9.30. The summed E-state index contributed by atoms with van der Waals surface area (Å²) in [6, 6.07) is 0. The smallest absolute Gasteiger partial charge is 0.183 e. The van der Waals surface area contributed by atoms with Gasteiger partial charge in [-0.1, -0.05) is 13.8 Å². The zero-order valence-corrected chi connectivity index (χ0v) is 8.81. The topological polar surface area (TPSA) is 25.8 Å². The maximum Gasteiger partial charge on any atom is 0.236 e. The molecule has 0 atom stereocenters. The first-order valence-electron chi connectivity index (χ1n) is 3.72. The zero-order valence-electron chi connectivity index (χ0n) is 7.23. The predicted octanol–water partition coefficient (Wildman–Crippen LogP) is 2.81. The lowest BCUT2D eigenvalue weighted by Crippen LogP contribution is -2.02. The monoisotopic (exact) mass is 232 g/mol. The molecule has 1 aromatic rings. The lowest BCUT2D eigenvalue weighted by molar-refractivity contribution is 0.544. The summed E-state index contributed by atoms with van der Waals surface area (Å²) in [6.45, 7) is 5.70. The lowest BCUT2D eigenvalue weighted by Gasteiger charge is -2.10. The minimum atomic E-state index is -0.484. The molecule has 0 aromatic carbocycles. The van der Waals surface area contributed by atoms with E-state index in [0.29, 0.717) is 10.2 Å². The van der Waals surface area contributed by atoms with Crippen LogP contribution in [-0.4, -0.2) is 10.2 Å². The van der Waals surface area contributed by atoms with Gasteiger partial charge in [-0.25, -0.2) is 0 Å². The van der Waals surface area contributed by atoms with Gasteiger partial charge in [-0.2, -0.15) is 4.39 Å². The fourth-order valence-electron chi connectivity index (χ4n) is 1.15. The van der Waals surface area contributed by atoms with Gasteiger partial charge in [-0.3, -0.25) is 0 Å². The van der Waals surface area contributed by atoms with Gasteiger partial charge in [0.2, 0.25) is 5.95 Å². The molecule has 66 valence electrons. The Morgan fingerprint density at radius 2 is 1.92 bits per heavy atom. The van der Waals surface area contributed by atoms with Crippen molar-refractivity contribution in [1.29, 1.82) is 0 Å². The van der Waals surface area contributed by atoms with Crippen LogP contribution in [0.4, 0.5) is 4.39 Å². The van der Waals surface area contributed by atoms with Crippen LogP contribution in [0.2, 0.25) is 0 Å². The second-order valence-corrected chi connectivity index (χ2v) is 3.73. The van der Waals surface area contributed by atoms with Crippen molar-refractivity contribution in [3.63, 3.8) is 0 Å². The van der Waals surface area contributed by atoms with Crippen LogP contribution in [0.1, 0.15) is 30.9 Å². The molecule has 4 heteroatoms. The number of halogens is 2. The predicted molar refractivity (Wildman–Crippen MR) is 48.5 cm³/mol. The van der Waals surface area contributed by atoms with Gasteiger partial charge in [0, 0.05) is 5.56 Å². The summed E-state index contributed by atoms with van der Waals surface area (Å²) in [5, 5.41) is 7.01. The Kier molecular flexibility index (Phi) is 2.77. The SMILES string of the molecule is Cc1c(F)nnc(Br)c1C(C)C. The minimum Gasteiger partial charge on any atom is -0.183 e. The fraction of sp³-hybridized carbons (Fsp3) is 0.500. The van der Waals surface area contributed by atoms with Crippen molar-refractivity contribution in [2.75, 3.05) is 0 Å². The van der Waals surface area contributed by atoms with Crippen LogP contribution in [0, 0.1) is 12.9 Å². The van der Waals surface area contributed by atoms with E-state index in [9.17, 15) is 4.39 Å². The van der Waals surface area contributed by atoms with Gasteiger partial charge in [0.25, 0.3) is 0 Å². The highest BCUT2D eigenvalue weighted by molar-refractivity contribution is 9.10. The Morgan fingerprint density at radius 1 is 1.33 bits per heavy atom. The molecule has 0 aliphatic heterocycles. The highest BCUT2D eigenvalue weighted by Crippen LogP contribution is 2.26. The molecule has 0 fully saturated rings. The molecule has 0 spiro atoms. The Labute approximate surface area is 79.3 Å². The van der Waals surface area contributed by atoms with E-state index in [1.807, 2.05) is 13.8 Å². The molecular formula is C8H10BrFN2. The van der Waals surface area contributed by atoms with E-state index in [2.05, 4.69) is 26.1 Å². The summed E-state index contributed by atoms with van der Waals surface area (Å²) in [7, 11) is 0. The van der Waals surface area contributed by atoms with E-state index in [0.717, 1.165) is 5.56 Å². The lowest BCUT2D eigenvalue weighted by atomic mass is 10.0. The van der Waals surface area contributed by atoms with Crippen LogP contribution in [0.3, 0.4) is 0 Å². The quantitative estimate of drug-likeness (QED) is 0.745. The summed E-state index contributed by atoms with van der Waals surface area (Å²) in [5.41, 5.74) is 1.47. The summed E-state index contributed by atoms with van der Waals surface area (Å²) in [4.78, 5) is 0. The van der Waals surface area contributed by atoms with Crippen molar-refractivity contribution in [1.82, 2.24) is 10.2 Å². The van der Waals surface area contributed by atoms with E-state index in [4.69, 9.17) is 0 Å². The first-order chi connectivity index (χ1) is 5.54. The molecular weight excluding hydrogens is 223 g/mol. The Balaban J connectivity index is 3.33. The van der Waals surface area contributed by atoms with Crippen LogP contribution in [0.15, 0.2) is 4.60 Å². The number of rotatable bonds is 1. The van der Waals surface area contributed by atoms with E-state index in [1.165, 1.54) is 0 Å². The first-order valence-corrected chi connectivity index (χ1v) is 4.51. The van der Waals surface area contributed by atoms with Crippen LogP contribution >= 0.6 is 15.9 Å². The van der Waals surface area contributed by atoms with Gasteiger partial charge in [0.1, 0.15) is 4.60 Å². The molecule has 1 aromatic heterocycles. The second-order valence-electron chi connectivity index (χ2n) is 2.97. The molecule has 0 amide bonds. The van der Waals surface area contributed by atoms with Gasteiger partial charge >= 0.3 is 0 Å². The molecule has 1 heterocycles. The van der Waals surface area contributed by atoms with E-state index >= 15 is 0 Å². The molecule has 0 saturated heterocycles. The molecule has 2 nitrogen and oxygen atoms in total. The summed E-state index contributed by atoms with van der Waals surface area (Å²) >= 11 is 3.24. The number of hydrogen-bond acceptors (Lipinski definition) is 2. The van der Waals surface area contributed by atoms with Gasteiger partial charge in [-0.15, -0.1) is 10.2 Å². The molecule has 0 saturated carbocycles. The third kappa shape index (κ3) is 1.63. The van der Waals surface area contributed by atoms with Crippen LogP contribution < -0.4 is 0 Å². The van der Waals surface area contributed by atoms with Crippen molar-refractivity contribution in [2.24, 2.45) is 0 Å². The van der Waals surface area contributed by atoms with E-state index in [-0.39, 0.29) is 5.92 Å². The molecule has 0 bridgehead atoms. The van der Waals surface area contributed by atoms with Gasteiger partial charge in [-0.05, 0) is 34.3 Å². The normalized spacial score (nSPS) is 10.8. The highest BCUT2D eigenvalue weighted by Gasteiger charge is 2.13. The van der Waals surface area contributed by atoms with Crippen molar-refractivity contribution < 1.29 is 4.39 Å². The minimum absolute atomic E-state index is 0.254. The van der Waals surface area contributed by atoms with Crippen LogP contribution in [-0.2, 0) is 0 Å². The number of hydrogen-bond donors (Lipinski definition) is 0. The Bertz CT molecular complexity index is 299. The van der Waals surface area contributed by atoms with Crippen molar-refractivity contribution in [3.05, 3.63) is 21.7 Å². The third-order valence-corrected chi connectivity index (χ3v) is 2.32. The van der Waals surface area contributed by atoms with Crippen molar-refractivity contribution >= 4 is 15.9 Å². The summed E-state index contributed by atoms with van der Waals surface area (Å²) in [5.74, 6) is -0.230. The maximum atomic E-state index is 12.9. The maximum absolute atomic E-state index is 12.9. The molecule has 12 heavy (non-hydrogen) atoms. The standard InChI is InChI=1S/C8H10BrFN2/c1-4(2)6-5(3)8(10)12-11-7(6)9/h4H,1-3H3. The molecule has 1 rings (SSSR count). The molecule has 0 radical (unpaired) electrons. The first kappa shape index (κ1) is 9.58. The molecule has 0 N–H and O–H groups in total. The highest BCUT2D eigenvalue weighted by atomic mass is 79.9. The molecule has 0 aliphatic carbocycles. The number of nitrogens with zero attached hydrogens (tertiary/aromatic N) is 2. The number of aromatic nitrogens is 2. The largest absolute Gasteiger partial charge is 0.236 e. The van der Waals surface area contributed by atoms with Crippen LogP contribution in [0.5, 0.6) is 0 Å². The van der Waals surface area contributed by atoms with Crippen molar-refractivity contribution in [3.8, 4) is 0 Å². The average Bonchev–Trinajstić information content (AvgIpc) is 1.97. The summed E-state index contributed by atoms with van der Waals surface area (Å²) < 4.78 is 13.6. The van der Waals surface area contributed by atoms with Crippen molar-refractivity contribution in [2.45, 2.75) is 26.7 Å². The third-order valence-electron chi connectivity index (χ3n) is 1.74. The fourth-order valence-corrected chi connectivity index (χ4v) is 1.99. The Morgan fingerprint density at radius 3 is 2.33 bits per heavy atom. The average molecular weight is 233 g/mol. The van der Waals surface area contributed by atoms with Gasteiger partial charge in [0.15, 0.2) is 0 Å². The Hall–Kier alpha value is -0.510. The van der Waals surface area contributed by atoms with Crippen LogP contribution in [0.25, 0.3) is 0 Å². The van der Waals surface area contributed by atoms with Gasteiger partial charge < -0.3 is 0 Å². The van der Waals surface area contributed by atoms with E-state index in [1.54, 1.807) is 6.92 Å². The molecule has 0 unspecified atom stereocenters. The van der Waals surface area contributed by atoms with E-state index < -0.39 is 5.95 Å². The summed E-state index contributed by atoms with van der Waals surface area (Å²) in [6.07, 6.45) is 0. The van der Waals surface area contributed by atoms with Gasteiger partial charge in [0.05, 0.1) is 0 Å².